The topological polar surface area (TPSA) is 86.5 Å². The molecule has 162 valence electrons. The van der Waals surface area contributed by atoms with Crippen LogP contribution in [-0.4, -0.2) is 29.3 Å². The second-order valence-corrected chi connectivity index (χ2v) is 6.60. The van der Waals surface area contributed by atoms with Gasteiger partial charge in [0.2, 0.25) is 17.6 Å². The number of hydrogen-bond acceptors (Lipinski definition) is 6. The summed E-state index contributed by atoms with van der Waals surface area (Å²) in [5.74, 6) is 1.19. The molecule has 1 N–H and O–H groups in total. The number of carbonyl (C=O) groups excluding carboxylic acids is 1. The number of halogens is 1. The third-order valence-electron chi connectivity index (χ3n) is 4.27. The van der Waals surface area contributed by atoms with Gasteiger partial charge < -0.3 is 19.3 Å². The van der Waals surface area contributed by atoms with E-state index in [1.54, 1.807) is 25.1 Å². The van der Waals surface area contributed by atoms with Gasteiger partial charge in [-0.2, -0.15) is 4.98 Å². The fraction of sp³-hybridized carbons (Fsp3) is 0.261. The molecule has 0 saturated heterocycles. The zero-order valence-corrected chi connectivity index (χ0v) is 17.6. The Morgan fingerprint density at radius 2 is 1.84 bits per heavy atom. The van der Waals surface area contributed by atoms with Crippen molar-refractivity contribution in [3.8, 4) is 22.9 Å². The van der Waals surface area contributed by atoms with Crippen molar-refractivity contribution in [3.05, 3.63) is 65.8 Å². The Morgan fingerprint density at radius 1 is 1.13 bits per heavy atom. The lowest BCUT2D eigenvalue weighted by molar-refractivity contribution is -0.117. The summed E-state index contributed by atoms with van der Waals surface area (Å²) >= 11 is 0. The van der Waals surface area contributed by atoms with Gasteiger partial charge in [-0.1, -0.05) is 11.2 Å². The molecule has 31 heavy (non-hydrogen) atoms. The molecular formula is C23H24FN3O4. The predicted molar refractivity (Wildman–Crippen MR) is 114 cm³/mol. The van der Waals surface area contributed by atoms with E-state index in [2.05, 4.69) is 15.5 Å². The number of benzene rings is 2. The summed E-state index contributed by atoms with van der Waals surface area (Å²) < 4.78 is 29.4. The number of nitrogens with one attached hydrogen (secondary N) is 1. The molecule has 0 fully saturated rings. The van der Waals surface area contributed by atoms with Crippen LogP contribution >= 0.6 is 0 Å². The zero-order chi connectivity index (χ0) is 22.2. The van der Waals surface area contributed by atoms with E-state index in [9.17, 15) is 9.18 Å². The maximum absolute atomic E-state index is 13.1. The van der Waals surface area contributed by atoms with E-state index in [0.717, 1.165) is 5.56 Å². The van der Waals surface area contributed by atoms with Crippen molar-refractivity contribution in [3.63, 3.8) is 0 Å². The fourth-order valence-corrected chi connectivity index (χ4v) is 2.79. The van der Waals surface area contributed by atoms with Gasteiger partial charge in [-0.3, -0.25) is 4.79 Å². The summed E-state index contributed by atoms with van der Waals surface area (Å²) in [6.45, 7) is 6.58. The molecule has 1 unspecified atom stereocenters. The van der Waals surface area contributed by atoms with Crippen LogP contribution < -0.4 is 14.8 Å². The summed E-state index contributed by atoms with van der Waals surface area (Å²) in [6.07, 6.45) is 3.09. The van der Waals surface area contributed by atoms with Gasteiger partial charge in [0.15, 0.2) is 11.5 Å². The first-order valence-corrected chi connectivity index (χ1v) is 9.98. The van der Waals surface area contributed by atoms with E-state index in [0.29, 0.717) is 36.1 Å². The number of hydrogen-bond donors (Lipinski definition) is 1. The highest BCUT2D eigenvalue weighted by Crippen LogP contribution is 2.29. The third-order valence-corrected chi connectivity index (χ3v) is 4.27. The van der Waals surface area contributed by atoms with E-state index in [-0.39, 0.29) is 17.6 Å². The van der Waals surface area contributed by atoms with E-state index in [1.807, 2.05) is 32.0 Å². The van der Waals surface area contributed by atoms with Crippen molar-refractivity contribution >= 4 is 12.0 Å². The number of aromatic nitrogens is 2. The van der Waals surface area contributed by atoms with Crippen LogP contribution in [0.1, 0.15) is 38.3 Å². The minimum absolute atomic E-state index is 0.251. The molecule has 0 spiro atoms. The Morgan fingerprint density at radius 3 is 2.55 bits per heavy atom. The molecule has 0 aliphatic heterocycles. The summed E-state index contributed by atoms with van der Waals surface area (Å²) in [7, 11) is 0. The van der Waals surface area contributed by atoms with Crippen LogP contribution in [0.2, 0.25) is 0 Å². The lowest BCUT2D eigenvalue weighted by atomic mass is 10.2. The molecule has 0 radical (unpaired) electrons. The summed E-state index contributed by atoms with van der Waals surface area (Å²) in [4.78, 5) is 16.6. The number of amides is 1. The Hall–Kier alpha value is -3.68. The predicted octanol–water partition coefficient (Wildman–Crippen LogP) is 4.56. The summed E-state index contributed by atoms with van der Waals surface area (Å²) in [5, 5.41) is 6.66. The third kappa shape index (κ3) is 5.91. The number of carbonyl (C=O) groups is 1. The van der Waals surface area contributed by atoms with Crippen molar-refractivity contribution < 1.29 is 23.2 Å². The Balaban J connectivity index is 1.63. The highest BCUT2D eigenvalue weighted by Gasteiger charge is 2.16. The van der Waals surface area contributed by atoms with Gasteiger partial charge in [-0.25, -0.2) is 4.39 Å². The van der Waals surface area contributed by atoms with Crippen molar-refractivity contribution in [2.75, 3.05) is 13.2 Å². The standard InChI is InChI=1S/C23H24FN3O4/c1-4-29-19-12-6-16(14-20(19)30-5-2)7-13-21(28)25-15(3)23-26-22(27-31-23)17-8-10-18(24)11-9-17/h6-15H,4-5H2,1-3H3,(H,25,28)/b13-7+. The molecule has 0 bridgehead atoms. The average Bonchev–Trinajstić information content (AvgIpc) is 3.25. The van der Waals surface area contributed by atoms with Crippen molar-refractivity contribution in [1.82, 2.24) is 15.5 Å². The first-order valence-electron chi connectivity index (χ1n) is 9.98. The first-order chi connectivity index (χ1) is 15.0. The summed E-state index contributed by atoms with van der Waals surface area (Å²) in [5.41, 5.74) is 1.42. The second kappa shape index (κ2) is 10.4. The highest BCUT2D eigenvalue weighted by atomic mass is 19.1. The fourth-order valence-electron chi connectivity index (χ4n) is 2.79. The highest BCUT2D eigenvalue weighted by molar-refractivity contribution is 5.92. The van der Waals surface area contributed by atoms with Crippen LogP contribution in [0.3, 0.4) is 0 Å². The van der Waals surface area contributed by atoms with E-state index >= 15 is 0 Å². The maximum Gasteiger partial charge on any atom is 0.249 e. The van der Waals surface area contributed by atoms with Gasteiger partial charge in [-0.15, -0.1) is 0 Å². The molecule has 0 saturated carbocycles. The molecule has 7 nitrogen and oxygen atoms in total. The lowest BCUT2D eigenvalue weighted by Crippen LogP contribution is -2.24. The van der Waals surface area contributed by atoms with E-state index in [1.165, 1.54) is 18.2 Å². The SMILES string of the molecule is CCOc1ccc(/C=C/C(=O)NC(C)c2nc(-c3ccc(F)cc3)no2)cc1OCC. The van der Waals surface area contributed by atoms with Crippen molar-refractivity contribution in [2.24, 2.45) is 0 Å². The van der Waals surface area contributed by atoms with Crippen LogP contribution in [0.4, 0.5) is 4.39 Å². The minimum Gasteiger partial charge on any atom is -0.490 e. The summed E-state index contributed by atoms with van der Waals surface area (Å²) in [6, 6.07) is 10.7. The van der Waals surface area contributed by atoms with Gasteiger partial charge >= 0.3 is 0 Å². The first kappa shape index (κ1) is 22.0. The van der Waals surface area contributed by atoms with Gasteiger partial charge in [0, 0.05) is 11.6 Å². The van der Waals surface area contributed by atoms with Crippen LogP contribution in [0, 0.1) is 5.82 Å². The van der Waals surface area contributed by atoms with Crippen LogP contribution in [0.15, 0.2) is 53.1 Å². The molecule has 1 amide bonds. The molecule has 3 rings (SSSR count). The van der Waals surface area contributed by atoms with Gasteiger partial charge in [0.1, 0.15) is 11.9 Å². The quantitative estimate of drug-likeness (QED) is 0.506. The zero-order valence-electron chi connectivity index (χ0n) is 17.6. The molecule has 8 heteroatoms. The smallest absolute Gasteiger partial charge is 0.249 e. The van der Waals surface area contributed by atoms with Gasteiger partial charge in [0.25, 0.3) is 0 Å². The molecule has 1 heterocycles. The molecule has 0 aliphatic carbocycles. The van der Waals surface area contributed by atoms with Crippen LogP contribution in [0.25, 0.3) is 17.5 Å². The lowest BCUT2D eigenvalue weighted by Gasteiger charge is -2.11. The number of nitrogens with zero attached hydrogens (tertiary/aromatic N) is 2. The molecule has 1 atom stereocenters. The van der Waals surface area contributed by atoms with E-state index in [4.69, 9.17) is 14.0 Å². The van der Waals surface area contributed by atoms with Gasteiger partial charge in [-0.05, 0) is 68.8 Å². The Labute approximate surface area is 179 Å². The van der Waals surface area contributed by atoms with E-state index < -0.39 is 6.04 Å². The molecule has 3 aromatic rings. The molecule has 1 aromatic heterocycles. The Kier molecular flexibility index (Phi) is 7.37. The molecule has 0 aliphatic rings. The number of ether oxygens (including phenoxy) is 2. The molecule has 2 aromatic carbocycles. The average molecular weight is 425 g/mol. The normalized spacial score (nSPS) is 12.0. The van der Waals surface area contributed by atoms with Crippen molar-refractivity contribution in [1.29, 1.82) is 0 Å². The van der Waals surface area contributed by atoms with Crippen molar-refractivity contribution in [2.45, 2.75) is 26.8 Å². The largest absolute Gasteiger partial charge is 0.490 e. The molecular weight excluding hydrogens is 401 g/mol. The maximum atomic E-state index is 13.1. The van der Waals surface area contributed by atoms with Crippen LogP contribution in [-0.2, 0) is 4.79 Å². The monoisotopic (exact) mass is 425 g/mol. The Bertz CT molecular complexity index is 1050. The minimum atomic E-state index is -0.502. The second-order valence-electron chi connectivity index (χ2n) is 6.60. The number of rotatable bonds is 9. The van der Waals surface area contributed by atoms with Gasteiger partial charge in [0.05, 0.1) is 13.2 Å². The van der Waals surface area contributed by atoms with Crippen LogP contribution in [0.5, 0.6) is 11.5 Å².